The van der Waals surface area contributed by atoms with Crippen LogP contribution >= 0.6 is 0 Å². The zero-order valence-corrected chi connectivity index (χ0v) is 11.4. The Morgan fingerprint density at radius 2 is 1.76 bits per heavy atom. The first-order valence-corrected chi connectivity index (χ1v) is 6.17. The third kappa shape index (κ3) is 4.22. The minimum absolute atomic E-state index is 0.256. The summed E-state index contributed by atoms with van der Waals surface area (Å²) in [4.78, 5) is 11.8. The van der Waals surface area contributed by atoms with Crippen molar-refractivity contribution in [2.45, 2.75) is 52.6 Å². The molecule has 0 N–H and O–H groups in total. The van der Waals surface area contributed by atoms with Crippen LogP contribution in [0.25, 0.3) is 0 Å². The number of ether oxygens (including phenoxy) is 1. The van der Waals surface area contributed by atoms with E-state index in [2.05, 4.69) is 13.8 Å². The molecule has 0 bridgehead atoms. The van der Waals surface area contributed by atoms with Crippen molar-refractivity contribution in [2.24, 2.45) is 0 Å². The summed E-state index contributed by atoms with van der Waals surface area (Å²) in [5, 5.41) is 0. The third-order valence-corrected chi connectivity index (χ3v) is 2.73. The average molecular weight is 234 g/mol. The van der Waals surface area contributed by atoms with Gasteiger partial charge in [-0.05, 0) is 50.8 Å². The smallest absolute Gasteiger partial charge is 0.338 e. The van der Waals surface area contributed by atoms with Crippen LogP contribution < -0.4 is 0 Å². The molecule has 1 atom stereocenters. The Labute approximate surface area is 104 Å². The van der Waals surface area contributed by atoms with E-state index < -0.39 is 5.60 Å². The first-order chi connectivity index (χ1) is 7.83. The molecular weight excluding hydrogens is 212 g/mol. The summed E-state index contributed by atoms with van der Waals surface area (Å²) in [6.45, 7) is 9.96. The van der Waals surface area contributed by atoms with Crippen LogP contribution in [0.5, 0.6) is 0 Å². The van der Waals surface area contributed by atoms with Gasteiger partial charge in [0.2, 0.25) is 0 Å². The molecule has 0 saturated heterocycles. The molecule has 0 amide bonds. The molecule has 17 heavy (non-hydrogen) atoms. The number of rotatable bonds is 3. The molecule has 0 radical (unpaired) electrons. The van der Waals surface area contributed by atoms with Crippen molar-refractivity contribution in [3.8, 4) is 0 Å². The molecule has 1 unspecified atom stereocenters. The number of benzene rings is 1. The van der Waals surface area contributed by atoms with Crippen molar-refractivity contribution in [2.75, 3.05) is 0 Å². The summed E-state index contributed by atoms with van der Waals surface area (Å²) >= 11 is 0. The van der Waals surface area contributed by atoms with Crippen molar-refractivity contribution in [1.29, 1.82) is 0 Å². The molecule has 2 heteroatoms. The van der Waals surface area contributed by atoms with Gasteiger partial charge in [0.05, 0.1) is 5.56 Å². The Morgan fingerprint density at radius 3 is 2.18 bits per heavy atom. The lowest BCUT2D eigenvalue weighted by Gasteiger charge is -2.19. The van der Waals surface area contributed by atoms with Crippen molar-refractivity contribution in [3.05, 3.63) is 35.4 Å². The second-order valence-corrected chi connectivity index (χ2v) is 5.43. The Kier molecular flexibility index (Phi) is 4.33. The van der Waals surface area contributed by atoms with E-state index in [-0.39, 0.29) is 5.97 Å². The lowest BCUT2D eigenvalue weighted by Crippen LogP contribution is -2.23. The molecule has 0 aliphatic rings. The van der Waals surface area contributed by atoms with E-state index in [0.717, 1.165) is 6.42 Å². The zero-order valence-electron chi connectivity index (χ0n) is 11.4. The van der Waals surface area contributed by atoms with Crippen molar-refractivity contribution < 1.29 is 9.53 Å². The second kappa shape index (κ2) is 5.35. The zero-order chi connectivity index (χ0) is 13.1. The topological polar surface area (TPSA) is 26.3 Å². The summed E-state index contributed by atoms with van der Waals surface area (Å²) < 4.78 is 5.31. The summed E-state index contributed by atoms with van der Waals surface area (Å²) in [6, 6.07) is 7.70. The minimum Gasteiger partial charge on any atom is -0.456 e. The Morgan fingerprint density at radius 1 is 1.24 bits per heavy atom. The molecule has 0 aliphatic carbocycles. The normalized spacial score (nSPS) is 13.2. The van der Waals surface area contributed by atoms with Gasteiger partial charge in [0.15, 0.2) is 0 Å². The maximum absolute atomic E-state index is 11.8. The van der Waals surface area contributed by atoms with Gasteiger partial charge >= 0.3 is 5.97 Å². The van der Waals surface area contributed by atoms with Crippen LogP contribution in [0.15, 0.2) is 24.3 Å². The van der Waals surface area contributed by atoms with Crippen molar-refractivity contribution >= 4 is 5.97 Å². The lowest BCUT2D eigenvalue weighted by atomic mass is 9.98. The van der Waals surface area contributed by atoms with Crippen LogP contribution in [0.4, 0.5) is 0 Å². The van der Waals surface area contributed by atoms with Gasteiger partial charge in [-0.3, -0.25) is 0 Å². The van der Waals surface area contributed by atoms with Crippen LogP contribution in [0.3, 0.4) is 0 Å². The van der Waals surface area contributed by atoms with Gasteiger partial charge < -0.3 is 4.74 Å². The number of carbonyl (C=O) groups excluding carboxylic acids is 1. The summed E-state index contributed by atoms with van der Waals surface area (Å²) in [7, 11) is 0. The highest BCUT2D eigenvalue weighted by molar-refractivity contribution is 5.89. The fraction of sp³-hybridized carbons (Fsp3) is 0.533. The van der Waals surface area contributed by atoms with Gasteiger partial charge in [-0.1, -0.05) is 26.0 Å². The standard InChI is InChI=1S/C15H22O2/c1-6-11(2)12-7-9-13(10-8-12)14(16)17-15(3,4)5/h7-11H,6H2,1-5H3. The highest BCUT2D eigenvalue weighted by Gasteiger charge is 2.17. The largest absolute Gasteiger partial charge is 0.456 e. The Bertz CT molecular complexity index is 371. The number of hydrogen-bond donors (Lipinski definition) is 0. The fourth-order valence-corrected chi connectivity index (χ4v) is 1.52. The van der Waals surface area contributed by atoms with E-state index in [1.165, 1.54) is 5.56 Å². The van der Waals surface area contributed by atoms with Gasteiger partial charge in [-0.2, -0.15) is 0 Å². The molecule has 0 spiro atoms. The van der Waals surface area contributed by atoms with Crippen LogP contribution in [0.2, 0.25) is 0 Å². The lowest BCUT2D eigenvalue weighted by molar-refractivity contribution is 0.00695. The van der Waals surface area contributed by atoms with Crippen LogP contribution in [-0.2, 0) is 4.74 Å². The first-order valence-electron chi connectivity index (χ1n) is 6.17. The van der Waals surface area contributed by atoms with E-state index in [1.54, 1.807) is 0 Å². The molecule has 0 aromatic heterocycles. The molecule has 1 aromatic carbocycles. The summed E-state index contributed by atoms with van der Waals surface area (Å²) in [5.74, 6) is 0.274. The molecular formula is C15H22O2. The van der Waals surface area contributed by atoms with E-state index in [1.807, 2.05) is 45.0 Å². The predicted molar refractivity (Wildman–Crippen MR) is 70.3 cm³/mol. The maximum atomic E-state index is 11.8. The van der Waals surface area contributed by atoms with E-state index >= 15 is 0 Å². The molecule has 0 aliphatic heterocycles. The van der Waals surface area contributed by atoms with Crippen molar-refractivity contribution in [3.63, 3.8) is 0 Å². The van der Waals surface area contributed by atoms with E-state index in [0.29, 0.717) is 11.5 Å². The molecule has 2 nitrogen and oxygen atoms in total. The SMILES string of the molecule is CCC(C)c1ccc(C(=O)OC(C)(C)C)cc1. The molecule has 94 valence electrons. The van der Waals surface area contributed by atoms with Gasteiger partial charge in [0, 0.05) is 0 Å². The summed E-state index contributed by atoms with van der Waals surface area (Å²) in [5.41, 5.74) is 1.44. The highest BCUT2D eigenvalue weighted by Crippen LogP contribution is 2.20. The molecule has 1 rings (SSSR count). The fourth-order valence-electron chi connectivity index (χ4n) is 1.52. The minimum atomic E-state index is -0.438. The Balaban J connectivity index is 2.77. The molecule has 0 fully saturated rings. The molecule has 1 aromatic rings. The molecule has 0 heterocycles. The van der Waals surface area contributed by atoms with Crippen molar-refractivity contribution in [1.82, 2.24) is 0 Å². The average Bonchev–Trinajstić information content (AvgIpc) is 2.26. The monoisotopic (exact) mass is 234 g/mol. The van der Waals surface area contributed by atoms with E-state index in [4.69, 9.17) is 4.74 Å². The highest BCUT2D eigenvalue weighted by atomic mass is 16.6. The van der Waals surface area contributed by atoms with Gasteiger partial charge in [0.1, 0.15) is 5.60 Å². The molecule has 0 saturated carbocycles. The maximum Gasteiger partial charge on any atom is 0.338 e. The van der Waals surface area contributed by atoms with Gasteiger partial charge in [0.25, 0.3) is 0 Å². The predicted octanol–water partition coefficient (Wildman–Crippen LogP) is 4.16. The second-order valence-electron chi connectivity index (χ2n) is 5.43. The van der Waals surface area contributed by atoms with Gasteiger partial charge in [-0.15, -0.1) is 0 Å². The van der Waals surface area contributed by atoms with Crippen LogP contribution in [-0.4, -0.2) is 11.6 Å². The number of carbonyl (C=O) groups is 1. The Hall–Kier alpha value is -1.31. The number of hydrogen-bond acceptors (Lipinski definition) is 2. The van der Waals surface area contributed by atoms with Crippen LogP contribution in [0, 0.1) is 0 Å². The van der Waals surface area contributed by atoms with Crippen LogP contribution in [0.1, 0.15) is 62.9 Å². The first kappa shape index (κ1) is 13.8. The summed E-state index contributed by atoms with van der Waals surface area (Å²) in [6.07, 6.45) is 1.10. The quantitative estimate of drug-likeness (QED) is 0.734. The third-order valence-electron chi connectivity index (χ3n) is 2.73. The van der Waals surface area contributed by atoms with Gasteiger partial charge in [-0.25, -0.2) is 4.79 Å². The number of esters is 1. The van der Waals surface area contributed by atoms with E-state index in [9.17, 15) is 4.79 Å².